The molecule has 0 rings (SSSR count). The minimum atomic E-state index is 0.194. The molecule has 0 unspecified atom stereocenters. The van der Waals surface area contributed by atoms with Crippen molar-refractivity contribution in [1.82, 2.24) is 0 Å². The summed E-state index contributed by atoms with van der Waals surface area (Å²) < 4.78 is 0.194. The Morgan fingerprint density at radius 1 is 2.00 bits per heavy atom. The number of hydrogen-bond acceptors (Lipinski definition) is 1. The zero-order valence-electron chi connectivity index (χ0n) is 2.62. The molecule has 0 saturated heterocycles. The maximum absolute atomic E-state index is 9.46. The summed E-state index contributed by atoms with van der Waals surface area (Å²) in [6.07, 6.45) is 0. The molecule has 0 atom stereocenters. The largest absolute Gasteiger partial charge is 0.323 e. The molecule has 0 aliphatic heterocycles. The Labute approximate surface area is 33.4 Å². The Morgan fingerprint density at radius 3 is 2.00 bits per heavy atom. The van der Waals surface area contributed by atoms with Gasteiger partial charge in [-0.2, -0.15) is 0 Å². The van der Waals surface area contributed by atoms with E-state index in [1.807, 2.05) is 0 Å². The van der Waals surface area contributed by atoms with Crippen molar-refractivity contribution >= 4 is 20.9 Å². The van der Waals surface area contributed by atoms with Gasteiger partial charge in [0.15, 0.2) is 0 Å². The molecule has 0 spiro atoms. The lowest BCUT2D eigenvalue weighted by Gasteiger charge is -1.56. The highest BCUT2D eigenvalue weighted by Crippen LogP contribution is 1.40. The summed E-state index contributed by atoms with van der Waals surface area (Å²) in [5.74, 6) is 0. The van der Waals surface area contributed by atoms with Crippen molar-refractivity contribution in [2.75, 3.05) is 0 Å². The second-order valence-corrected chi connectivity index (χ2v) is 1.70. The van der Waals surface area contributed by atoms with Gasteiger partial charge in [-0.05, 0) is 6.92 Å². The molecule has 0 heterocycles. The summed E-state index contributed by atoms with van der Waals surface area (Å²) >= 11 is 1.36. The van der Waals surface area contributed by atoms with Crippen LogP contribution in [0.2, 0.25) is 0 Å². The van der Waals surface area contributed by atoms with Gasteiger partial charge in [-0.25, -0.2) is 0 Å². The van der Waals surface area contributed by atoms with Crippen LogP contribution >= 0.6 is 0 Å². The van der Waals surface area contributed by atoms with E-state index in [-0.39, 0.29) is 4.65 Å². The fourth-order valence-corrected chi connectivity index (χ4v) is 0. The molecule has 2 heteroatoms. The van der Waals surface area contributed by atoms with Gasteiger partial charge in [0.25, 0.3) is 16.3 Å². The molecule has 0 aliphatic rings. The molecule has 0 bridgehead atoms. The Morgan fingerprint density at radius 2 is 2.00 bits per heavy atom. The summed E-state index contributed by atoms with van der Waals surface area (Å²) in [5, 5.41) is 0. The van der Waals surface area contributed by atoms with Gasteiger partial charge < -0.3 is 4.79 Å². The fraction of sp³-hybridized carbons (Fsp3) is 0.500. The smallest absolute Gasteiger partial charge is 0.285 e. The first-order valence-electron chi connectivity index (χ1n) is 1.06. The van der Waals surface area contributed by atoms with Crippen LogP contribution in [0.25, 0.3) is 0 Å². The highest BCUT2D eigenvalue weighted by atomic mass is 27.0. The van der Waals surface area contributed by atoms with Crippen LogP contribution in [0.1, 0.15) is 6.92 Å². The first kappa shape index (κ1) is 4.20. The van der Waals surface area contributed by atoms with Gasteiger partial charge in [-0.3, -0.25) is 0 Å². The topological polar surface area (TPSA) is 17.1 Å². The van der Waals surface area contributed by atoms with E-state index in [1.54, 1.807) is 6.92 Å². The third-order valence-corrected chi connectivity index (χ3v) is 0. The normalized spacial score (nSPS) is 6.25. The number of carbonyl (C=O) groups is 1. The summed E-state index contributed by atoms with van der Waals surface area (Å²) in [6, 6.07) is 0. The van der Waals surface area contributed by atoms with E-state index in [1.165, 1.54) is 16.3 Å². The zero-order chi connectivity index (χ0) is 3.58. The van der Waals surface area contributed by atoms with Gasteiger partial charge in [0.1, 0.15) is 0 Å². The van der Waals surface area contributed by atoms with Crippen LogP contribution < -0.4 is 0 Å². The molecule has 0 aromatic carbocycles. The average molecular weight is 71.0 g/mol. The van der Waals surface area contributed by atoms with Crippen LogP contribution in [0, 0.1) is 0 Å². The molecule has 4 heavy (non-hydrogen) atoms. The number of carbonyl (C=O) groups excluding carboxylic acids is 1. The second kappa shape index (κ2) is 1.51. The van der Waals surface area contributed by atoms with Gasteiger partial charge in [0.2, 0.25) is 0 Å². The van der Waals surface area contributed by atoms with Crippen LogP contribution in [0.15, 0.2) is 0 Å². The summed E-state index contributed by atoms with van der Waals surface area (Å²) in [7, 11) is 0. The molecule has 0 amide bonds. The van der Waals surface area contributed by atoms with Crippen molar-refractivity contribution < 1.29 is 4.79 Å². The van der Waals surface area contributed by atoms with Crippen LogP contribution in [-0.2, 0) is 4.79 Å². The Kier molecular flexibility index (Phi) is 1.59. The lowest BCUT2D eigenvalue weighted by Crippen LogP contribution is -1.80. The maximum Gasteiger partial charge on any atom is 0.285 e. The monoisotopic (exact) mass is 71.0 g/mol. The highest BCUT2D eigenvalue weighted by Gasteiger charge is 1.63. The van der Waals surface area contributed by atoms with Gasteiger partial charge in [0.05, 0.1) is 0 Å². The van der Waals surface area contributed by atoms with E-state index >= 15 is 0 Å². The first-order chi connectivity index (χ1) is 1.73. The van der Waals surface area contributed by atoms with E-state index < -0.39 is 0 Å². The van der Waals surface area contributed by atoms with Crippen LogP contribution in [0.5, 0.6) is 0 Å². The molecule has 21 valence electrons. The van der Waals surface area contributed by atoms with E-state index in [4.69, 9.17) is 0 Å². The molecule has 0 N–H and O–H groups in total. The van der Waals surface area contributed by atoms with Crippen molar-refractivity contribution in [2.24, 2.45) is 0 Å². The predicted octanol–water partition coefficient (Wildman–Crippen LogP) is -0.566. The maximum atomic E-state index is 9.46. The molecular weight excluding hydrogens is 67.0 g/mol. The van der Waals surface area contributed by atoms with Crippen LogP contribution in [0.3, 0.4) is 0 Å². The summed E-state index contributed by atoms with van der Waals surface area (Å²) in [6.45, 7) is 1.54. The van der Waals surface area contributed by atoms with E-state index in [9.17, 15) is 4.79 Å². The third-order valence-electron chi connectivity index (χ3n) is 0. The van der Waals surface area contributed by atoms with Crippen LogP contribution in [0.4, 0.5) is 0 Å². The fourth-order valence-electron chi connectivity index (χ4n) is 0. The number of rotatable bonds is 0. The molecule has 0 aromatic heterocycles. The molecule has 1 nitrogen and oxygen atoms in total. The van der Waals surface area contributed by atoms with Crippen molar-refractivity contribution in [3.63, 3.8) is 0 Å². The van der Waals surface area contributed by atoms with Crippen molar-refractivity contribution in [1.29, 1.82) is 0 Å². The lowest BCUT2D eigenvalue weighted by molar-refractivity contribution is -0.109. The SMILES string of the molecule is C[C](=O)[AlH]. The molecule has 0 aliphatic carbocycles. The van der Waals surface area contributed by atoms with Crippen molar-refractivity contribution in [2.45, 2.75) is 6.92 Å². The van der Waals surface area contributed by atoms with Crippen LogP contribution in [-0.4, -0.2) is 20.9 Å². The third kappa shape index (κ3) is 77.7. The quantitative estimate of drug-likeness (QED) is 0.350. The predicted molar refractivity (Wildman–Crippen MR) is 17.8 cm³/mol. The molecule has 0 aromatic rings. The van der Waals surface area contributed by atoms with Gasteiger partial charge in [-0.1, -0.05) is 0 Å². The molecular formula is C2H4AlO. The number of hydrogen-bond donors (Lipinski definition) is 0. The molecule has 0 fully saturated rings. The standard InChI is InChI=1S/C2H3O.Al.H/c1-2-3;;/h1H3;;. The van der Waals surface area contributed by atoms with Crippen molar-refractivity contribution in [3.8, 4) is 0 Å². The van der Waals surface area contributed by atoms with Gasteiger partial charge >= 0.3 is 0 Å². The minimum Gasteiger partial charge on any atom is -0.323 e. The molecule has 0 saturated carbocycles. The zero-order valence-corrected chi connectivity index (χ0v) is 4.03. The van der Waals surface area contributed by atoms with E-state index in [0.717, 1.165) is 0 Å². The Bertz CT molecular complexity index is 29.0. The van der Waals surface area contributed by atoms with E-state index in [0.29, 0.717) is 0 Å². The first-order valence-corrected chi connectivity index (χ1v) is 1.76. The highest BCUT2D eigenvalue weighted by molar-refractivity contribution is 6.56. The minimum absolute atomic E-state index is 0.194. The lowest BCUT2D eigenvalue weighted by atomic mass is 10.9. The van der Waals surface area contributed by atoms with Gasteiger partial charge in [-0.15, -0.1) is 0 Å². The summed E-state index contributed by atoms with van der Waals surface area (Å²) in [5.41, 5.74) is 0. The van der Waals surface area contributed by atoms with Gasteiger partial charge in [0, 0.05) is 4.65 Å². The summed E-state index contributed by atoms with van der Waals surface area (Å²) in [4.78, 5) is 9.46. The Balaban J connectivity index is 2.80. The average Bonchev–Trinajstić information content (AvgIpc) is 0.811. The molecule has 1 radical (unpaired) electrons. The van der Waals surface area contributed by atoms with E-state index in [2.05, 4.69) is 0 Å². The Hall–Kier alpha value is 0.202. The van der Waals surface area contributed by atoms with Crippen molar-refractivity contribution in [3.05, 3.63) is 0 Å². The second-order valence-electron chi connectivity index (χ2n) is 0.702.